The molecule has 4 aromatic carbocycles. The van der Waals surface area contributed by atoms with E-state index in [1.54, 1.807) is 0 Å². The predicted molar refractivity (Wildman–Crippen MR) is 147 cm³/mol. The standard InChI is InChI=1S/C32H31BO2/c1-31(2,3)22-12-14-26-24(18-22)33-25-19-23(32(4,5)6)13-15-27(25)35-29-17-21(16-28(34-26)30(29)33)20-10-8-7-9-11-20/h7-19H,1-6H3. The number of hydrogen-bond donors (Lipinski definition) is 0. The second-order valence-electron chi connectivity index (χ2n) is 11.9. The Morgan fingerprint density at radius 3 is 1.46 bits per heavy atom. The van der Waals surface area contributed by atoms with Gasteiger partial charge in [-0.2, -0.15) is 0 Å². The number of rotatable bonds is 1. The van der Waals surface area contributed by atoms with Gasteiger partial charge in [-0.25, -0.2) is 0 Å². The predicted octanol–water partition coefficient (Wildman–Crippen LogP) is 6.68. The minimum atomic E-state index is 0.0521. The van der Waals surface area contributed by atoms with Gasteiger partial charge in [0.1, 0.15) is 23.0 Å². The third-order valence-electron chi connectivity index (χ3n) is 7.31. The van der Waals surface area contributed by atoms with Gasteiger partial charge in [-0.3, -0.25) is 0 Å². The maximum absolute atomic E-state index is 6.59. The van der Waals surface area contributed by atoms with Crippen molar-refractivity contribution >= 4 is 23.1 Å². The maximum atomic E-state index is 6.59. The lowest BCUT2D eigenvalue weighted by molar-refractivity contribution is 0.464. The summed E-state index contributed by atoms with van der Waals surface area (Å²) in [6.07, 6.45) is 0. The molecule has 2 aliphatic heterocycles. The molecule has 0 aliphatic carbocycles. The van der Waals surface area contributed by atoms with Gasteiger partial charge in [0.15, 0.2) is 0 Å². The molecule has 2 nitrogen and oxygen atoms in total. The average molecular weight is 458 g/mol. The van der Waals surface area contributed by atoms with Gasteiger partial charge in [-0.15, -0.1) is 0 Å². The summed E-state index contributed by atoms with van der Waals surface area (Å²) >= 11 is 0. The molecule has 0 unspecified atom stereocenters. The van der Waals surface area contributed by atoms with E-state index in [9.17, 15) is 0 Å². The van der Waals surface area contributed by atoms with E-state index < -0.39 is 0 Å². The van der Waals surface area contributed by atoms with Crippen LogP contribution in [0.15, 0.2) is 78.9 Å². The highest BCUT2D eigenvalue weighted by molar-refractivity contribution is 6.98. The topological polar surface area (TPSA) is 18.5 Å². The summed E-state index contributed by atoms with van der Waals surface area (Å²) in [4.78, 5) is 0. The molecular weight excluding hydrogens is 427 g/mol. The normalized spacial score (nSPS) is 13.8. The molecule has 174 valence electrons. The first-order valence-electron chi connectivity index (χ1n) is 12.5. The largest absolute Gasteiger partial charge is 0.458 e. The van der Waals surface area contributed by atoms with Crippen LogP contribution in [-0.2, 0) is 10.8 Å². The van der Waals surface area contributed by atoms with Crippen molar-refractivity contribution in [1.82, 2.24) is 0 Å². The average Bonchev–Trinajstić information content (AvgIpc) is 2.82. The first-order chi connectivity index (χ1) is 16.6. The van der Waals surface area contributed by atoms with Crippen molar-refractivity contribution < 1.29 is 9.47 Å². The van der Waals surface area contributed by atoms with Gasteiger partial charge >= 0.3 is 0 Å². The molecule has 0 fully saturated rings. The highest BCUT2D eigenvalue weighted by Crippen LogP contribution is 2.39. The lowest BCUT2D eigenvalue weighted by atomic mass is 9.34. The third kappa shape index (κ3) is 3.65. The second-order valence-corrected chi connectivity index (χ2v) is 11.9. The summed E-state index contributed by atoms with van der Waals surface area (Å²) in [5, 5.41) is 0. The van der Waals surface area contributed by atoms with Crippen LogP contribution in [0.25, 0.3) is 11.1 Å². The van der Waals surface area contributed by atoms with Crippen molar-refractivity contribution in [2.75, 3.05) is 0 Å². The molecule has 3 heteroatoms. The van der Waals surface area contributed by atoms with Gasteiger partial charge in [0, 0.05) is 5.46 Å². The van der Waals surface area contributed by atoms with Crippen molar-refractivity contribution in [3.05, 3.63) is 90.0 Å². The van der Waals surface area contributed by atoms with Crippen LogP contribution in [0.4, 0.5) is 0 Å². The van der Waals surface area contributed by atoms with E-state index in [-0.39, 0.29) is 17.5 Å². The molecule has 0 radical (unpaired) electrons. The minimum absolute atomic E-state index is 0.0521. The van der Waals surface area contributed by atoms with Crippen LogP contribution in [0.3, 0.4) is 0 Å². The quantitative estimate of drug-likeness (QED) is 0.256. The third-order valence-corrected chi connectivity index (χ3v) is 7.31. The smallest absolute Gasteiger partial charge is 0.260 e. The molecule has 0 saturated carbocycles. The SMILES string of the molecule is CC(C)(C)c1ccc2c(c1)B1c3cc(C(C)(C)C)ccc3Oc3cc(-c4ccccc4)cc(c31)O2. The molecule has 4 aromatic rings. The number of ether oxygens (including phenoxy) is 2. The Labute approximate surface area is 209 Å². The number of benzene rings is 4. The lowest BCUT2D eigenvalue weighted by Gasteiger charge is -2.35. The zero-order valence-electron chi connectivity index (χ0n) is 21.4. The zero-order valence-corrected chi connectivity index (χ0v) is 21.4. The second kappa shape index (κ2) is 7.52. The molecule has 0 bridgehead atoms. The molecule has 0 N–H and O–H groups in total. The zero-order chi connectivity index (χ0) is 24.5. The van der Waals surface area contributed by atoms with E-state index in [0.717, 1.165) is 39.6 Å². The van der Waals surface area contributed by atoms with Crippen molar-refractivity contribution in [1.29, 1.82) is 0 Å². The van der Waals surface area contributed by atoms with E-state index in [0.29, 0.717) is 0 Å². The van der Waals surface area contributed by atoms with Crippen molar-refractivity contribution in [2.45, 2.75) is 52.4 Å². The monoisotopic (exact) mass is 458 g/mol. The highest BCUT2D eigenvalue weighted by atomic mass is 16.5. The van der Waals surface area contributed by atoms with Crippen molar-refractivity contribution in [3.8, 4) is 34.1 Å². The molecule has 0 atom stereocenters. The Morgan fingerprint density at radius 2 is 1.00 bits per heavy atom. The molecule has 2 heterocycles. The summed E-state index contributed by atoms with van der Waals surface area (Å²) in [6, 6.07) is 28.2. The Bertz CT molecular complexity index is 1370. The van der Waals surface area contributed by atoms with Crippen molar-refractivity contribution in [3.63, 3.8) is 0 Å². The molecule has 2 aliphatic rings. The first-order valence-corrected chi connectivity index (χ1v) is 12.5. The molecule has 0 amide bonds. The number of hydrogen-bond acceptors (Lipinski definition) is 2. The van der Waals surface area contributed by atoms with E-state index in [2.05, 4.69) is 114 Å². The van der Waals surface area contributed by atoms with E-state index >= 15 is 0 Å². The Hall–Kier alpha value is -3.46. The van der Waals surface area contributed by atoms with Crippen LogP contribution in [0.1, 0.15) is 52.7 Å². The first kappa shape index (κ1) is 22.0. The fraction of sp³-hybridized carbons (Fsp3) is 0.250. The van der Waals surface area contributed by atoms with Crippen LogP contribution in [0, 0.1) is 0 Å². The minimum Gasteiger partial charge on any atom is -0.458 e. The summed E-state index contributed by atoms with van der Waals surface area (Å²) in [6.45, 7) is 13.7. The van der Waals surface area contributed by atoms with Crippen LogP contribution in [0.2, 0.25) is 0 Å². The van der Waals surface area contributed by atoms with Gasteiger partial charge in [0.25, 0.3) is 6.71 Å². The van der Waals surface area contributed by atoms with Gasteiger partial charge < -0.3 is 9.47 Å². The number of fused-ring (bicyclic) bond motifs is 4. The van der Waals surface area contributed by atoms with Gasteiger partial charge in [-0.1, -0.05) is 96.1 Å². The summed E-state index contributed by atoms with van der Waals surface area (Å²) in [5.41, 5.74) is 8.54. The Balaban J connectivity index is 1.62. The van der Waals surface area contributed by atoms with E-state index in [1.807, 2.05) is 6.07 Å². The van der Waals surface area contributed by atoms with E-state index in [4.69, 9.17) is 9.47 Å². The fourth-order valence-corrected chi connectivity index (χ4v) is 5.23. The van der Waals surface area contributed by atoms with Gasteiger partial charge in [-0.05, 0) is 68.3 Å². The molecular formula is C32H31BO2. The molecule has 0 saturated heterocycles. The highest BCUT2D eigenvalue weighted by Gasteiger charge is 2.41. The Morgan fingerprint density at radius 1 is 0.514 bits per heavy atom. The van der Waals surface area contributed by atoms with Crippen LogP contribution in [-0.4, -0.2) is 6.71 Å². The summed E-state index contributed by atoms with van der Waals surface area (Å²) in [5.74, 6) is 3.63. The summed E-state index contributed by atoms with van der Waals surface area (Å²) in [7, 11) is 0. The molecule has 0 aromatic heterocycles. The Kier molecular flexibility index (Phi) is 4.73. The van der Waals surface area contributed by atoms with E-state index in [1.165, 1.54) is 22.1 Å². The van der Waals surface area contributed by atoms with Crippen molar-refractivity contribution in [2.24, 2.45) is 0 Å². The molecule has 6 rings (SSSR count). The molecule has 0 spiro atoms. The summed E-state index contributed by atoms with van der Waals surface area (Å²) < 4.78 is 13.2. The van der Waals surface area contributed by atoms with Crippen LogP contribution < -0.4 is 25.9 Å². The van der Waals surface area contributed by atoms with Gasteiger partial charge in [0.05, 0.1) is 0 Å². The van der Waals surface area contributed by atoms with Gasteiger partial charge in [0.2, 0.25) is 0 Å². The molecule has 35 heavy (non-hydrogen) atoms. The fourth-order valence-electron chi connectivity index (χ4n) is 5.23. The maximum Gasteiger partial charge on any atom is 0.260 e. The van der Waals surface area contributed by atoms with Crippen LogP contribution in [0.5, 0.6) is 23.0 Å². The lowest BCUT2D eigenvalue weighted by Crippen LogP contribution is -2.57. The van der Waals surface area contributed by atoms with Crippen LogP contribution >= 0.6 is 0 Å².